The van der Waals surface area contributed by atoms with E-state index in [1.54, 1.807) is 30.2 Å². The van der Waals surface area contributed by atoms with Gasteiger partial charge in [0, 0.05) is 47.2 Å². The van der Waals surface area contributed by atoms with Crippen molar-refractivity contribution in [3.05, 3.63) is 53.9 Å². The molecule has 6 aromatic rings. The van der Waals surface area contributed by atoms with Crippen molar-refractivity contribution in [2.75, 3.05) is 0 Å². The summed E-state index contributed by atoms with van der Waals surface area (Å²) in [7, 11) is 1.88. The second-order valence-electron chi connectivity index (χ2n) is 7.46. The van der Waals surface area contributed by atoms with Gasteiger partial charge in [0.25, 0.3) is 0 Å². The molecule has 0 amide bonds. The summed E-state index contributed by atoms with van der Waals surface area (Å²) in [5, 5.41) is 12.5. The van der Waals surface area contributed by atoms with Crippen LogP contribution in [0.4, 0.5) is 0 Å². The molecule has 2 N–H and O–H groups in total. The minimum Gasteiger partial charge on any atom is -0.335 e. The fraction of sp³-hybridized carbons (Fsp3) is 0.0909. The molecule has 0 aliphatic carbocycles. The van der Waals surface area contributed by atoms with E-state index in [1.165, 1.54) is 11.3 Å². The van der Waals surface area contributed by atoms with Crippen molar-refractivity contribution in [3.8, 4) is 33.1 Å². The molecule has 0 aliphatic heterocycles. The largest absolute Gasteiger partial charge is 0.335 e. The van der Waals surface area contributed by atoms with Gasteiger partial charge in [-0.15, -0.1) is 11.3 Å². The number of hydrogen-bond donors (Lipinski definition) is 2. The smallest absolute Gasteiger partial charge is 0.181 e. The van der Waals surface area contributed by atoms with Gasteiger partial charge < -0.3 is 4.98 Å². The molecule has 0 radical (unpaired) electrons. The number of Topliss-reactive ketones (excluding diaryl/α,β-unsaturated/α-hetero) is 1. The summed E-state index contributed by atoms with van der Waals surface area (Å²) in [5.74, 6) is 0.675. The van der Waals surface area contributed by atoms with Gasteiger partial charge in [0.15, 0.2) is 22.9 Å². The maximum atomic E-state index is 11.7. The van der Waals surface area contributed by atoms with Gasteiger partial charge >= 0.3 is 0 Å². The number of carbonyl (C=O) groups is 1. The molecular formula is C22H16N8OS. The van der Waals surface area contributed by atoms with Gasteiger partial charge in [-0.05, 0) is 31.2 Å². The van der Waals surface area contributed by atoms with Crippen LogP contribution in [-0.2, 0) is 7.05 Å². The third-order valence-corrected chi connectivity index (χ3v) is 6.51. The molecular weight excluding hydrogens is 424 g/mol. The fourth-order valence-electron chi connectivity index (χ4n) is 3.71. The van der Waals surface area contributed by atoms with Crippen molar-refractivity contribution in [1.29, 1.82) is 0 Å². The first kappa shape index (κ1) is 18.6. The van der Waals surface area contributed by atoms with Gasteiger partial charge in [-0.25, -0.2) is 15.0 Å². The van der Waals surface area contributed by atoms with Crippen LogP contribution in [0.3, 0.4) is 0 Å². The molecule has 0 spiro atoms. The Hall–Kier alpha value is -4.18. The molecule has 6 aromatic heterocycles. The van der Waals surface area contributed by atoms with E-state index >= 15 is 0 Å². The zero-order valence-electron chi connectivity index (χ0n) is 17.1. The predicted molar refractivity (Wildman–Crippen MR) is 122 cm³/mol. The van der Waals surface area contributed by atoms with Gasteiger partial charge in [-0.1, -0.05) is 0 Å². The lowest BCUT2D eigenvalue weighted by atomic mass is 10.1. The number of H-pyrrole nitrogens is 2. The first-order valence-corrected chi connectivity index (χ1v) is 10.7. The fourth-order valence-corrected chi connectivity index (χ4v) is 4.65. The van der Waals surface area contributed by atoms with Crippen LogP contribution in [0.15, 0.2) is 49.1 Å². The maximum absolute atomic E-state index is 11.7. The van der Waals surface area contributed by atoms with Crippen LogP contribution in [0.25, 0.3) is 55.3 Å². The Morgan fingerprint density at radius 2 is 2.00 bits per heavy atom. The highest BCUT2D eigenvalue weighted by Crippen LogP contribution is 2.34. The Bertz CT molecular complexity index is 1640. The van der Waals surface area contributed by atoms with Crippen molar-refractivity contribution in [3.63, 3.8) is 0 Å². The zero-order chi connectivity index (χ0) is 21.8. The van der Waals surface area contributed by atoms with Gasteiger partial charge in [0.1, 0.15) is 5.69 Å². The van der Waals surface area contributed by atoms with Gasteiger partial charge in [-0.2, -0.15) is 10.2 Å². The average Bonchev–Trinajstić information content (AvgIpc) is 3.56. The minimum atomic E-state index is 0.0534. The molecule has 0 saturated carbocycles. The molecule has 156 valence electrons. The third kappa shape index (κ3) is 2.92. The van der Waals surface area contributed by atoms with Crippen molar-refractivity contribution in [1.82, 2.24) is 39.9 Å². The molecule has 9 nitrogen and oxygen atoms in total. The Labute approximate surface area is 185 Å². The number of nitrogens with zero attached hydrogens (tertiary/aromatic N) is 6. The number of pyridine rings is 2. The van der Waals surface area contributed by atoms with E-state index in [1.807, 2.05) is 37.5 Å². The van der Waals surface area contributed by atoms with E-state index in [2.05, 4.69) is 30.2 Å². The normalized spacial score (nSPS) is 11.6. The van der Waals surface area contributed by atoms with E-state index in [-0.39, 0.29) is 5.78 Å². The monoisotopic (exact) mass is 440 g/mol. The minimum absolute atomic E-state index is 0.0534. The predicted octanol–water partition coefficient (Wildman–Crippen LogP) is 4.23. The summed E-state index contributed by atoms with van der Waals surface area (Å²) in [6.07, 6.45) is 7.25. The summed E-state index contributed by atoms with van der Waals surface area (Å²) < 4.78 is 1.75. The molecule has 32 heavy (non-hydrogen) atoms. The maximum Gasteiger partial charge on any atom is 0.181 e. The van der Waals surface area contributed by atoms with E-state index < -0.39 is 0 Å². The Morgan fingerprint density at radius 3 is 2.78 bits per heavy atom. The van der Waals surface area contributed by atoms with Crippen LogP contribution < -0.4 is 0 Å². The summed E-state index contributed by atoms with van der Waals surface area (Å²) in [4.78, 5) is 30.4. The van der Waals surface area contributed by atoms with Gasteiger partial charge in [0.2, 0.25) is 0 Å². The van der Waals surface area contributed by atoms with Crippen LogP contribution >= 0.6 is 11.3 Å². The first-order valence-electron chi connectivity index (χ1n) is 9.86. The number of carbonyl (C=O) groups excluding carboxylic acids is 1. The lowest BCUT2D eigenvalue weighted by Gasteiger charge is -1.99. The number of fused-ring (bicyclic) bond motifs is 2. The standard InChI is InChI=1S/C22H16N8OS/c1-11(31)16-3-4-17(32-16)14-5-6-23-21-18(14)26-22(27-21)19-15-7-12(8-24-20(15)29-28-19)13-9-25-30(2)10-13/h3-10H,1-2H3,(H,23,26,27)(H,24,28,29). The Balaban J connectivity index is 1.49. The number of rotatable bonds is 4. The summed E-state index contributed by atoms with van der Waals surface area (Å²) in [5.41, 5.74) is 5.60. The number of ketones is 1. The SMILES string of the molecule is CC(=O)c1ccc(-c2ccnc3nc(-c4[nH]nc5ncc(-c6cnn(C)c6)cc45)[nH]c23)s1. The number of aryl methyl sites for hydroxylation is 1. The van der Waals surface area contributed by atoms with Crippen LogP contribution in [-0.4, -0.2) is 45.7 Å². The summed E-state index contributed by atoms with van der Waals surface area (Å²) >= 11 is 1.46. The average molecular weight is 440 g/mol. The lowest BCUT2D eigenvalue weighted by molar-refractivity contribution is 0.102. The highest BCUT2D eigenvalue weighted by molar-refractivity contribution is 7.17. The zero-order valence-corrected chi connectivity index (χ0v) is 17.9. The van der Waals surface area contributed by atoms with Crippen LogP contribution in [0, 0.1) is 0 Å². The van der Waals surface area contributed by atoms with Crippen molar-refractivity contribution >= 4 is 39.3 Å². The molecule has 0 fully saturated rings. The molecule has 0 aliphatic rings. The van der Waals surface area contributed by atoms with Crippen molar-refractivity contribution < 1.29 is 4.79 Å². The Morgan fingerprint density at radius 1 is 1.09 bits per heavy atom. The number of aromatic nitrogens is 8. The molecule has 0 unspecified atom stereocenters. The lowest BCUT2D eigenvalue weighted by Crippen LogP contribution is -1.85. The number of hydrogen-bond acceptors (Lipinski definition) is 7. The first-order chi connectivity index (χ1) is 15.6. The van der Waals surface area contributed by atoms with E-state index in [9.17, 15) is 4.79 Å². The molecule has 0 bridgehead atoms. The second-order valence-corrected chi connectivity index (χ2v) is 8.54. The third-order valence-electron chi connectivity index (χ3n) is 5.30. The Kier molecular flexibility index (Phi) is 4.02. The number of imidazole rings is 1. The number of thiophene rings is 1. The summed E-state index contributed by atoms with van der Waals surface area (Å²) in [6.45, 7) is 1.57. The van der Waals surface area contributed by atoms with E-state index in [0.29, 0.717) is 17.1 Å². The summed E-state index contributed by atoms with van der Waals surface area (Å²) in [6, 6.07) is 7.75. The van der Waals surface area contributed by atoms with Crippen LogP contribution in [0.5, 0.6) is 0 Å². The van der Waals surface area contributed by atoms with Crippen LogP contribution in [0.1, 0.15) is 16.6 Å². The molecule has 10 heteroatoms. The quantitative estimate of drug-likeness (QED) is 0.396. The molecule has 0 saturated heterocycles. The second kappa shape index (κ2) is 6.92. The number of nitrogens with one attached hydrogen (secondary N) is 2. The van der Waals surface area contributed by atoms with E-state index in [4.69, 9.17) is 4.98 Å². The molecule has 6 heterocycles. The van der Waals surface area contributed by atoms with Crippen LogP contribution in [0.2, 0.25) is 0 Å². The van der Waals surface area contributed by atoms with Crippen molar-refractivity contribution in [2.45, 2.75) is 6.92 Å². The topological polar surface area (TPSA) is 118 Å². The van der Waals surface area contributed by atoms with Crippen molar-refractivity contribution in [2.24, 2.45) is 7.05 Å². The molecule has 0 atom stereocenters. The molecule has 0 aromatic carbocycles. The van der Waals surface area contributed by atoms with E-state index in [0.717, 1.165) is 43.0 Å². The number of aromatic amines is 2. The highest BCUT2D eigenvalue weighted by Gasteiger charge is 2.17. The highest BCUT2D eigenvalue weighted by atomic mass is 32.1. The van der Waals surface area contributed by atoms with Gasteiger partial charge in [-0.3, -0.25) is 14.6 Å². The molecule has 6 rings (SSSR count). The van der Waals surface area contributed by atoms with Gasteiger partial charge in [0.05, 0.1) is 22.0 Å².